The van der Waals surface area contributed by atoms with E-state index in [1.807, 2.05) is 26.1 Å². The predicted molar refractivity (Wildman–Crippen MR) is 61.0 cm³/mol. The molecule has 0 aromatic rings. The van der Waals surface area contributed by atoms with E-state index in [4.69, 9.17) is 0 Å². The van der Waals surface area contributed by atoms with Crippen molar-refractivity contribution in [1.82, 2.24) is 0 Å². The second-order valence-electron chi connectivity index (χ2n) is 2.74. The van der Waals surface area contributed by atoms with E-state index >= 15 is 0 Å². The molecule has 0 aliphatic carbocycles. The van der Waals surface area contributed by atoms with Gasteiger partial charge in [0.2, 0.25) is 0 Å². The monoisotopic (exact) mass is 177 g/mol. The molecule has 1 nitrogen and oxygen atoms in total. The molecule has 1 atom stereocenters. The number of hydrogen-bond acceptors (Lipinski definition) is 1. The van der Waals surface area contributed by atoms with E-state index < -0.39 is 0 Å². The first-order chi connectivity index (χ1) is 6.29. The van der Waals surface area contributed by atoms with Gasteiger partial charge in [-0.05, 0) is 20.3 Å². The molecule has 0 aromatic carbocycles. The summed E-state index contributed by atoms with van der Waals surface area (Å²) in [5, 5.41) is 0. The Bertz CT molecular complexity index is 221. The van der Waals surface area contributed by atoms with E-state index in [0.29, 0.717) is 5.92 Å². The minimum absolute atomic E-state index is 0.416. The van der Waals surface area contributed by atoms with Crippen molar-refractivity contribution in [2.75, 3.05) is 0 Å². The second-order valence-corrected chi connectivity index (χ2v) is 2.74. The van der Waals surface area contributed by atoms with Crippen molar-refractivity contribution < 1.29 is 0 Å². The second kappa shape index (κ2) is 7.53. The summed E-state index contributed by atoms with van der Waals surface area (Å²) in [6, 6.07) is 0. The molecule has 0 aliphatic heterocycles. The molecule has 0 N–H and O–H groups in total. The third-order valence-corrected chi connectivity index (χ3v) is 1.87. The first-order valence-corrected chi connectivity index (χ1v) is 4.74. The Labute approximate surface area is 81.6 Å². The van der Waals surface area contributed by atoms with Gasteiger partial charge in [-0.1, -0.05) is 37.8 Å². The minimum Gasteiger partial charge on any atom is -0.266 e. The highest BCUT2D eigenvalue weighted by Crippen LogP contribution is 2.17. The number of hydrogen-bond donors (Lipinski definition) is 0. The lowest BCUT2D eigenvalue weighted by Crippen LogP contribution is -1.97. The van der Waals surface area contributed by atoms with Gasteiger partial charge in [0.25, 0.3) is 0 Å². The van der Waals surface area contributed by atoms with Gasteiger partial charge < -0.3 is 0 Å². The van der Waals surface area contributed by atoms with Gasteiger partial charge in [-0.3, -0.25) is 4.99 Å². The molecule has 0 bridgehead atoms. The summed E-state index contributed by atoms with van der Waals surface area (Å²) < 4.78 is 0. The summed E-state index contributed by atoms with van der Waals surface area (Å²) in [6.45, 7) is 9.77. The molecular weight excluding hydrogens is 158 g/mol. The molecule has 13 heavy (non-hydrogen) atoms. The molecule has 0 amide bonds. The zero-order chi connectivity index (χ0) is 10.1. The van der Waals surface area contributed by atoms with Gasteiger partial charge in [0.1, 0.15) is 0 Å². The fourth-order valence-corrected chi connectivity index (χ4v) is 1.19. The van der Waals surface area contributed by atoms with Crippen molar-refractivity contribution >= 4 is 6.21 Å². The molecular formula is C12H19N. The molecule has 1 heteroatoms. The fraction of sp³-hybridized carbons (Fsp3) is 0.417. The van der Waals surface area contributed by atoms with Crippen LogP contribution in [0.5, 0.6) is 0 Å². The van der Waals surface area contributed by atoms with Crippen molar-refractivity contribution in [3.63, 3.8) is 0 Å². The molecule has 0 rings (SSSR count). The van der Waals surface area contributed by atoms with Gasteiger partial charge in [-0.25, -0.2) is 0 Å². The summed E-state index contributed by atoms with van der Waals surface area (Å²) in [4.78, 5) is 4.32. The maximum absolute atomic E-state index is 4.32. The van der Waals surface area contributed by atoms with Crippen LogP contribution >= 0.6 is 0 Å². The van der Waals surface area contributed by atoms with Gasteiger partial charge in [-0.15, -0.1) is 0 Å². The Morgan fingerprint density at radius 3 is 2.54 bits per heavy atom. The average Bonchev–Trinajstić information content (AvgIpc) is 2.17. The lowest BCUT2D eigenvalue weighted by Gasteiger charge is -2.09. The summed E-state index contributed by atoms with van der Waals surface area (Å²) >= 11 is 0. The maximum atomic E-state index is 4.32. The van der Waals surface area contributed by atoms with Crippen LogP contribution < -0.4 is 0 Å². The van der Waals surface area contributed by atoms with E-state index in [0.717, 1.165) is 12.1 Å². The Morgan fingerprint density at radius 1 is 1.46 bits per heavy atom. The first-order valence-electron chi connectivity index (χ1n) is 4.74. The lowest BCUT2D eigenvalue weighted by atomic mass is 10.0. The molecule has 0 saturated heterocycles. The largest absolute Gasteiger partial charge is 0.266 e. The van der Waals surface area contributed by atoms with Gasteiger partial charge in [0.05, 0.1) is 0 Å². The maximum Gasteiger partial charge on any atom is 0.0425 e. The third kappa shape index (κ3) is 4.46. The summed E-state index contributed by atoms with van der Waals surface area (Å²) in [7, 11) is 0. The number of rotatable bonds is 5. The van der Waals surface area contributed by atoms with Crippen LogP contribution in [0.25, 0.3) is 0 Å². The Kier molecular flexibility index (Phi) is 6.89. The first kappa shape index (κ1) is 11.9. The predicted octanol–water partition coefficient (Wildman–Crippen LogP) is 3.75. The molecule has 72 valence electrons. The normalized spacial score (nSPS) is 15.5. The molecule has 0 fully saturated rings. The van der Waals surface area contributed by atoms with Crippen molar-refractivity contribution in [3.05, 3.63) is 36.6 Å². The number of allylic oxidation sites excluding steroid dienone is 4. The average molecular weight is 177 g/mol. The zero-order valence-corrected chi connectivity index (χ0v) is 8.83. The molecule has 1 unspecified atom stereocenters. The van der Waals surface area contributed by atoms with E-state index in [2.05, 4.69) is 30.6 Å². The lowest BCUT2D eigenvalue weighted by molar-refractivity contribution is 0.717. The van der Waals surface area contributed by atoms with Crippen molar-refractivity contribution in [1.29, 1.82) is 0 Å². The smallest absolute Gasteiger partial charge is 0.0425 e. The van der Waals surface area contributed by atoms with Crippen LogP contribution in [0.15, 0.2) is 41.6 Å². The van der Waals surface area contributed by atoms with Crippen molar-refractivity contribution in [2.24, 2.45) is 10.9 Å². The van der Waals surface area contributed by atoms with Crippen molar-refractivity contribution in [3.8, 4) is 0 Å². The molecule has 0 radical (unpaired) electrons. The van der Waals surface area contributed by atoms with Gasteiger partial charge in [0.15, 0.2) is 0 Å². The van der Waals surface area contributed by atoms with Crippen LogP contribution in [-0.4, -0.2) is 6.21 Å². The quantitative estimate of drug-likeness (QED) is 0.448. The zero-order valence-electron chi connectivity index (χ0n) is 8.83. The van der Waals surface area contributed by atoms with Crippen LogP contribution in [0.4, 0.5) is 0 Å². The molecule has 0 aromatic heterocycles. The summed E-state index contributed by atoms with van der Waals surface area (Å²) in [5.41, 5.74) is 1.13. The van der Waals surface area contributed by atoms with Gasteiger partial charge in [-0.2, -0.15) is 0 Å². The topological polar surface area (TPSA) is 12.4 Å². The van der Waals surface area contributed by atoms with Crippen LogP contribution in [0, 0.1) is 5.92 Å². The van der Waals surface area contributed by atoms with Gasteiger partial charge >= 0.3 is 0 Å². The molecule has 0 aliphatic rings. The number of nitrogens with zero attached hydrogens (tertiary/aromatic N) is 1. The summed E-state index contributed by atoms with van der Waals surface area (Å²) in [5.74, 6) is 0.416. The minimum atomic E-state index is 0.416. The van der Waals surface area contributed by atoms with Crippen LogP contribution in [0.2, 0.25) is 0 Å². The Hall–Kier alpha value is -1.11. The van der Waals surface area contributed by atoms with E-state index in [1.165, 1.54) is 0 Å². The summed E-state index contributed by atoms with van der Waals surface area (Å²) in [6.07, 6.45) is 10.9. The van der Waals surface area contributed by atoms with E-state index in [9.17, 15) is 0 Å². The van der Waals surface area contributed by atoms with Crippen molar-refractivity contribution in [2.45, 2.75) is 27.2 Å². The van der Waals surface area contributed by atoms with E-state index in [1.54, 1.807) is 6.08 Å². The Balaban J connectivity index is 4.53. The SMILES string of the molecule is C=C/C=C\C(CC)/C(=C/C)N=CC. The Morgan fingerprint density at radius 2 is 2.15 bits per heavy atom. The number of aliphatic imine (C=N–C) groups is 1. The van der Waals surface area contributed by atoms with Crippen LogP contribution in [0.1, 0.15) is 27.2 Å². The molecule has 0 saturated carbocycles. The van der Waals surface area contributed by atoms with Gasteiger partial charge in [0, 0.05) is 17.8 Å². The molecule has 0 spiro atoms. The van der Waals surface area contributed by atoms with Crippen LogP contribution in [0.3, 0.4) is 0 Å². The molecule has 0 heterocycles. The highest BCUT2D eigenvalue weighted by atomic mass is 14.7. The standard InChI is InChI=1S/C12H19N/c1-5-9-10-11(6-2)12(7-3)13-8-4/h5,7-11H,1,6H2,2-4H3/b10-9-,12-7-,13-8?. The van der Waals surface area contributed by atoms with E-state index in [-0.39, 0.29) is 0 Å². The highest BCUT2D eigenvalue weighted by Gasteiger charge is 2.05. The van der Waals surface area contributed by atoms with Crippen LogP contribution in [-0.2, 0) is 0 Å². The third-order valence-electron chi connectivity index (χ3n) is 1.87. The fourth-order valence-electron chi connectivity index (χ4n) is 1.19. The highest BCUT2D eigenvalue weighted by molar-refractivity contribution is 5.55.